The molecule has 3 nitrogen and oxygen atoms in total. The van der Waals surface area contributed by atoms with Gasteiger partial charge in [0.1, 0.15) is 11.6 Å². The van der Waals surface area contributed by atoms with Gasteiger partial charge < -0.3 is 15.6 Å². The van der Waals surface area contributed by atoms with Crippen LogP contribution in [-0.2, 0) is 0 Å². The minimum absolute atomic E-state index is 0.169. The number of hydrogen-bond donors (Lipinski definition) is 2. The van der Waals surface area contributed by atoms with Crippen molar-refractivity contribution in [3.8, 4) is 5.75 Å². The fourth-order valence-electron chi connectivity index (χ4n) is 1.66. The summed E-state index contributed by atoms with van der Waals surface area (Å²) in [5, 5.41) is 9.82. The zero-order valence-corrected chi connectivity index (χ0v) is 10.5. The molecular formula is C13H20FNO2. The fourth-order valence-corrected chi connectivity index (χ4v) is 1.66. The van der Waals surface area contributed by atoms with Crippen molar-refractivity contribution in [1.29, 1.82) is 0 Å². The van der Waals surface area contributed by atoms with Crippen LogP contribution in [0.1, 0.15) is 25.8 Å². The Bertz CT molecular complexity index is 380. The number of nitrogens with two attached hydrogens (primary N) is 1. The van der Waals surface area contributed by atoms with Crippen LogP contribution in [0, 0.1) is 12.7 Å². The number of halogens is 1. The van der Waals surface area contributed by atoms with Crippen molar-refractivity contribution < 1.29 is 14.2 Å². The Morgan fingerprint density at radius 2 is 2.18 bits per heavy atom. The van der Waals surface area contributed by atoms with Crippen LogP contribution in [0.2, 0.25) is 0 Å². The number of ether oxygens (including phenoxy) is 1. The van der Waals surface area contributed by atoms with E-state index < -0.39 is 5.60 Å². The molecule has 0 spiro atoms. The molecule has 0 amide bonds. The monoisotopic (exact) mass is 241 g/mol. The molecule has 0 aliphatic rings. The third kappa shape index (κ3) is 4.32. The summed E-state index contributed by atoms with van der Waals surface area (Å²) in [6.07, 6.45) is 0.175. The molecule has 1 aromatic rings. The maximum Gasteiger partial charge on any atom is 0.126 e. The second-order valence-electron chi connectivity index (χ2n) is 4.74. The summed E-state index contributed by atoms with van der Waals surface area (Å²) < 4.78 is 18.7. The predicted octanol–water partition coefficient (Wildman–Crippen LogP) is 2.00. The van der Waals surface area contributed by atoms with Gasteiger partial charge in [0, 0.05) is 19.0 Å². The highest BCUT2D eigenvalue weighted by Gasteiger charge is 2.22. The maximum atomic E-state index is 13.1. The normalized spacial score (nSPS) is 16.4. The molecule has 0 bridgehead atoms. The van der Waals surface area contributed by atoms with Crippen LogP contribution in [0.5, 0.6) is 5.75 Å². The van der Waals surface area contributed by atoms with Gasteiger partial charge >= 0.3 is 0 Å². The van der Waals surface area contributed by atoms with Gasteiger partial charge in [0.25, 0.3) is 0 Å². The van der Waals surface area contributed by atoms with Gasteiger partial charge in [-0.1, -0.05) is 6.07 Å². The van der Waals surface area contributed by atoms with E-state index in [-0.39, 0.29) is 18.5 Å². The predicted molar refractivity (Wildman–Crippen MR) is 65.5 cm³/mol. The summed E-state index contributed by atoms with van der Waals surface area (Å²) in [5.41, 5.74) is 5.35. The molecule has 4 heteroatoms. The first-order valence-electron chi connectivity index (χ1n) is 5.69. The van der Waals surface area contributed by atoms with E-state index in [1.807, 2.05) is 13.8 Å². The van der Waals surface area contributed by atoms with E-state index in [4.69, 9.17) is 10.5 Å². The summed E-state index contributed by atoms with van der Waals surface area (Å²) in [5.74, 6) is 0.175. The smallest absolute Gasteiger partial charge is 0.126 e. The van der Waals surface area contributed by atoms with Crippen LogP contribution < -0.4 is 10.5 Å². The second-order valence-corrected chi connectivity index (χ2v) is 4.74. The maximum absolute atomic E-state index is 13.1. The van der Waals surface area contributed by atoms with Gasteiger partial charge in [0.2, 0.25) is 0 Å². The molecule has 0 aromatic heterocycles. The molecular weight excluding hydrogens is 221 g/mol. The third-order valence-electron chi connectivity index (χ3n) is 2.65. The van der Waals surface area contributed by atoms with Crippen LogP contribution in [0.25, 0.3) is 0 Å². The molecule has 96 valence electrons. The van der Waals surface area contributed by atoms with E-state index in [0.29, 0.717) is 12.2 Å². The lowest BCUT2D eigenvalue weighted by molar-refractivity contribution is 0.0235. The van der Waals surface area contributed by atoms with E-state index in [2.05, 4.69) is 0 Å². The largest absolute Gasteiger partial charge is 0.490 e. The lowest BCUT2D eigenvalue weighted by atomic mass is 9.99. The third-order valence-corrected chi connectivity index (χ3v) is 2.65. The number of rotatable bonds is 5. The number of aliphatic hydroxyl groups is 1. The lowest BCUT2D eigenvalue weighted by Crippen LogP contribution is -2.38. The molecule has 2 unspecified atom stereocenters. The molecule has 2 atom stereocenters. The van der Waals surface area contributed by atoms with Crippen LogP contribution >= 0.6 is 0 Å². The second kappa shape index (κ2) is 5.47. The average molecular weight is 241 g/mol. The summed E-state index contributed by atoms with van der Waals surface area (Å²) in [7, 11) is 0. The first-order valence-corrected chi connectivity index (χ1v) is 5.69. The number of benzene rings is 1. The summed E-state index contributed by atoms with van der Waals surface area (Å²) >= 11 is 0. The van der Waals surface area contributed by atoms with Gasteiger partial charge in [-0.3, -0.25) is 0 Å². The van der Waals surface area contributed by atoms with Crippen LogP contribution in [0.3, 0.4) is 0 Å². The first-order chi connectivity index (χ1) is 7.84. The molecule has 17 heavy (non-hydrogen) atoms. The molecule has 0 saturated heterocycles. The zero-order chi connectivity index (χ0) is 13.1. The molecule has 1 aromatic carbocycles. The van der Waals surface area contributed by atoms with Gasteiger partial charge in [0.05, 0.1) is 11.7 Å². The summed E-state index contributed by atoms with van der Waals surface area (Å²) in [6.45, 7) is 5.51. The quantitative estimate of drug-likeness (QED) is 0.829. The van der Waals surface area contributed by atoms with Crippen molar-refractivity contribution in [2.24, 2.45) is 5.73 Å². The molecule has 3 N–H and O–H groups in total. The van der Waals surface area contributed by atoms with E-state index >= 15 is 0 Å². The first kappa shape index (κ1) is 13.9. The van der Waals surface area contributed by atoms with Crippen molar-refractivity contribution in [1.82, 2.24) is 0 Å². The van der Waals surface area contributed by atoms with E-state index in [1.54, 1.807) is 13.0 Å². The van der Waals surface area contributed by atoms with E-state index in [1.165, 1.54) is 12.1 Å². The van der Waals surface area contributed by atoms with Crippen LogP contribution in [-0.4, -0.2) is 23.4 Å². The van der Waals surface area contributed by atoms with Gasteiger partial charge in [0.15, 0.2) is 0 Å². The standard InChI is InChI=1S/C13H20FNO2/c1-9-4-5-11(14)6-12(9)17-10(2)7-13(3,16)8-15/h4-6,10,16H,7-8,15H2,1-3H3. The van der Waals surface area contributed by atoms with Crippen molar-refractivity contribution in [3.63, 3.8) is 0 Å². The molecule has 0 radical (unpaired) electrons. The van der Waals surface area contributed by atoms with Gasteiger partial charge in [-0.25, -0.2) is 4.39 Å². The van der Waals surface area contributed by atoms with Crippen molar-refractivity contribution in [2.45, 2.75) is 38.9 Å². The number of aryl methyl sites for hydroxylation is 1. The topological polar surface area (TPSA) is 55.5 Å². The Hall–Kier alpha value is -1.13. The van der Waals surface area contributed by atoms with Gasteiger partial charge in [-0.2, -0.15) is 0 Å². The lowest BCUT2D eigenvalue weighted by Gasteiger charge is -2.26. The molecule has 0 heterocycles. The van der Waals surface area contributed by atoms with E-state index in [0.717, 1.165) is 5.56 Å². The van der Waals surface area contributed by atoms with Crippen molar-refractivity contribution in [2.75, 3.05) is 6.54 Å². The Balaban J connectivity index is 2.68. The Kier molecular flexibility index (Phi) is 4.48. The average Bonchev–Trinajstić information content (AvgIpc) is 2.23. The minimum Gasteiger partial charge on any atom is -0.490 e. The Morgan fingerprint density at radius 1 is 1.53 bits per heavy atom. The highest BCUT2D eigenvalue weighted by atomic mass is 19.1. The Morgan fingerprint density at radius 3 is 2.76 bits per heavy atom. The van der Waals surface area contributed by atoms with Gasteiger partial charge in [-0.15, -0.1) is 0 Å². The van der Waals surface area contributed by atoms with Crippen LogP contribution in [0.15, 0.2) is 18.2 Å². The van der Waals surface area contributed by atoms with Crippen molar-refractivity contribution in [3.05, 3.63) is 29.6 Å². The van der Waals surface area contributed by atoms with E-state index in [9.17, 15) is 9.50 Å². The molecule has 0 aliphatic carbocycles. The van der Waals surface area contributed by atoms with Gasteiger partial charge in [-0.05, 0) is 32.4 Å². The highest BCUT2D eigenvalue weighted by molar-refractivity contribution is 5.32. The Labute approximate surface area is 101 Å². The fraction of sp³-hybridized carbons (Fsp3) is 0.538. The van der Waals surface area contributed by atoms with Crippen LogP contribution in [0.4, 0.5) is 4.39 Å². The summed E-state index contributed by atoms with van der Waals surface area (Å²) in [4.78, 5) is 0. The molecule has 0 fully saturated rings. The zero-order valence-electron chi connectivity index (χ0n) is 10.5. The SMILES string of the molecule is Cc1ccc(F)cc1OC(C)CC(C)(O)CN. The number of hydrogen-bond acceptors (Lipinski definition) is 3. The summed E-state index contributed by atoms with van der Waals surface area (Å²) in [6, 6.07) is 4.41. The highest BCUT2D eigenvalue weighted by Crippen LogP contribution is 2.22. The minimum atomic E-state index is -0.958. The molecule has 0 aliphatic heterocycles. The van der Waals surface area contributed by atoms with Crippen molar-refractivity contribution >= 4 is 0 Å². The molecule has 0 saturated carbocycles. The molecule has 1 rings (SSSR count).